The molecule has 0 bridgehead atoms. The summed E-state index contributed by atoms with van der Waals surface area (Å²) in [4.78, 5) is 14.6. The Morgan fingerprint density at radius 3 is 2.51 bits per heavy atom. The molecule has 2 atom stereocenters. The number of carbonyl (C=O) groups excluding carboxylic acids is 1. The molecule has 0 heterocycles. The van der Waals surface area contributed by atoms with Crippen LogP contribution in [0.2, 0.25) is 0 Å². The fraction of sp³-hybridized carbons (Fsp3) is 0.424. The summed E-state index contributed by atoms with van der Waals surface area (Å²) in [5.74, 6) is 0.733. The van der Waals surface area contributed by atoms with Gasteiger partial charge in [-0.1, -0.05) is 67.7 Å². The largest absolute Gasteiger partial charge is 0.294 e. The predicted octanol–water partition coefficient (Wildman–Crippen LogP) is 7.84. The Labute approximate surface area is 228 Å². The average molecular weight is 513 g/mol. The van der Waals surface area contributed by atoms with Crippen molar-refractivity contribution in [3.05, 3.63) is 94.3 Å². The Balaban J connectivity index is 1.40. The lowest BCUT2D eigenvalue weighted by Gasteiger charge is -2.29. The van der Waals surface area contributed by atoms with E-state index in [1.165, 1.54) is 29.7 Å². The molecule has 0 amide bonds. The minimum Gasteiger partial charge on any atom is -0.294 e. The number of aryl methyl sites for hydroxylation is 2. The van der Waals surface area contributed by atoms with E-state index in [9.17, 15) is 9.18 Å². The standard InChI is InChI=1S/C33H38BFOS/c1-23-19-25(10-15-31(23)35)7-6-24-5-4-17-33(2,18-16-24)22-27-21-28(34)11-14-30(27)32(36)20-26-8-12-29(37-3)13-9-26/h8-15,19,21,24H,4-7,16-18,20,22H2,1-3H3. The summed E-state index contributed by atoms with van der Waals surface area (Å²) in [6.45, 7) is 4.23. The first-order valence-corrected chi connectivity index (χ1v) is 14.8. The van der Waals surface area contributed by atoms with Crippen LogP contribution in [0, 0.1) is 24.1 Å². The van der Waals surface area contributed by atoms with Crippen LogP contribution in [0.4, 0.5) is 4.39 Å². The molecule has 0 aromatic heterocycles. The van der Waals surface area contributed by atoms with E-state index in [1.807, 2.05) is 37.3 Å². The number of Topliss-reactive ketones (excluding diaryl/α,β-unsaturated/α-hetero) is 1. The van der Waals surface area contributed by atoms with Gasteiger partial charge in [-0.05, 0) is 103 Å². The van der Waals surface area contributed by atoms with Crippen molar-refractivity contribution in [2.24, 2.45) is 11.3 Å². The fourth-order valence-corrected chi connectivity index (χ4v) is 6.26. The highest BCUT2D eigenvalue weighted by molar-refractivity contribution is 7.98. The molecule has 1 aliphatic rings. The summed E-state index contributed by atoms with van der Waals surface area (Å²) < 4.78 is 13.6. The van der Waals surface area contributed by atoms with Crippen molar-refractivity contribution in [2.45, 2.75) is 76.5 Å². The van der Waals surface area contributed by atoms with E-state index in [2.05, 4.69) is 37.4 Å². The van der Waals surface area contributed by atoms with E-state index in [1.54, 1.807) is 17.8 Å². The van der Waals surface area contributed by atoms with E-state index in [0.717, 1.165) is 59.8 Å². The number of hydrogen-bond donors (Lipinski definition) is 0. The third-order valence-electron chi connectivity index (χ3n) is 8.18. The quantitative estimate of drug-likeness (QED) is 0.126. The van der Waals surface area contributed by atoms with Crippen LogP contribution in [0.5, 0.6) is 0 Å². The number of benzene rings is 3. The number of carbonyl (C=O) groups is 1. The van der Waals surface area contributed by atoms with Gasteiger partial charge in [0.05, 0.1) is 0 Å². The smallest absolute Gasteiger partial charge is 0.167 e. The molecule has 0 N–H and O–H groups in total. The van der Waals surface area contributed by atoms with Crippen LogP contribution in [-0.2, 0) is 19.3 Å². The number of ketones is 1. The van der Waals surface area contributed by atoms with Gasteiger partial charge in [0, 0.05) is 16.9 Å². The zero-order valence-electron chi connectivity index (χ0n) is 22.5. The molecule has 0 saturated heterocycles. The van der Waals surface area contributed by atoms with Crippen molar-refractivity contribution in [1.29, 1.82) is 0 Å². The molecule has 2 unspecified atom stereocenters. The van der Waals surface area contributed by atoms with Gasteiger partial charge in [-0.25, -0.2) is 4.39 Å². The first-order chi connectivity index (χ1) is 17.7. The van der Waals surface area contributed by atoms with Gasteiger partial charge in [0.1, 0.15) is 13.7 Å². The maximum absolute atomic E-state index is 13.6. The molecule has 3 aromatic rings. The van der Waals surface area contributed by atoms with Gasteiger partial charge in [0.2, 0.25) is 0 Å². The number of rotatable bonds is 9. The second-order valence-corrected chi connectivity index (χ2v) is 12.2. The molecule has 1 aliphatic carbocycles. The third kappa shape index (κ3) is 7.60. The first-order valence-electron chi connectivity index (χ1n) is 13.5. The summed E-state index contributed by atoms with van der Waals surface area (Å²) in [5.41, 5.74) is 5.80. The van der Waals surface area contributed by atoms with E-state index >= 15 is 0 Å². The molecule has 0 aliphatic heterocycles. The minimum absolute atomic E-state index is 0.123. The van der Waals surface area contributed by atoms with E-state index < -0.39 is 0 Å². The highest BCUT2D eigenvalue weighted by Gasteiger charge is 2.30. The van der Waals surface area contributed by atoms with Crippen LogP contribution in [0.25, 0.3) is 0 Å². The third-order valence-corrected chi connectivity index (χ3v) is 8.93. The molecule has 3 aromatic carbocycles. The first kappa shape index (κ1) is 27.7. The number of hydrogen-bond acceptors (Lipinski definition) is 2. The van der Waals surface area contributed by atoms with Gasteiger partial charge in [-0.15, -0.1) is 11.8 Å². The van der Waals surface area contributed by atoms with Crippen LogP contribution in [0.15, 0.2) is 65.6 Å². The Hall–Kier alpha value is -2.33. The SMILES string of the molecule is [B]c1ccc(C(=O)Cc2ccc(SC)cc2)c(CC2(C)CCCC(CCc3ccc(F)c(C)c3)CC2)c1. The minimum atomic E-state index is -0.123. The van der Waals surface area contributed by atoms with E-state index in [-0.39, 0.29) is 17.0 Å². The van der Waals surface area contributed by atoms with Gasteiger partial charge in [0.15, 0.2) is 5.78 Å². The van der Waals surface area contributed by atoms with Crippen LogP contribution in [-0.4, -0.2) is 19.9 Å². The van der Waals surface area contributed by atoms with Crippen molar-refractivity contribution in [3.8, 4) is 0 Å². The zero-order chi connectivity index (χ0) is 26.4. The molecule has 1 saturated carbocycles. The van der Waals surface area contributed by atoms with Crippen LogP contribution in [0.1, 0.15) is 78.1 Å². The molecule has 1 nitrogen and oxygen atoms in total. The van der Waals surface area contributed by atoms with Gasteiger partial charge < -0.3 is 0 Å². The van der Waals surface area contributed by atoms with Crippen LogP contribution >= 0.6 is 11.8 Å². The molecular formula is C33H38BFOS. The van der Waals surface area contributed by atoms with Gasteiger partial charge in [0.25, 0.3) is 0 Å². The van der Waals surface area contributed by atoms with Gasteiger partial charge in [-0.3, -0.25) is 4.79 Å². The lowest BCUT2D eigenvalue weighted by Crippen LogP contribution is -2.22. The zero-order valence-corrected chi connectivity index (χ0v) is 23.3. The fourth-order valence-electron chi connectivity index (χ4n) is 5.85. The van der Waals surface area contributed by atoms with Gasteiger partial charge >= 0.3 is 0 Å². The molecular weight excluding hydrogens is 474 g/mol. The molecule has 4 rings (SSSR count). The van der Waals surface area contributed by atoms with Crippen molar-refractivity contribution in [2.75, 3.05) is 6.26 Å². The molecule has 0 spiro atoms. The molecule has 4 heteroatoms. The normalized spacial score (nSPS) is 19.9. The molecule has 37 heavy (non-hydrogen) atoms. The van der Waals surface area contributed by atoms with Crippen molar-refractivity contribution >= 4 is 30.9 Å². The summed E-state index contributed by atoms with van der Waals surface area (Å²) in [5, 5.41) is 0. The van der Waals surface area contributed by atoms with Crippen molar-refractivity contribution < 1.29 is 9.18 Å². The summed E-state index contributed by atoms with van der Waals surface area (Å²) in [7, 11) is 6.19. The maximum Gasteiger partial charge on any atom is 0.167 e. The maximum atomic E-state index is 13.6. The second kappa shape index (κ2) is 12.5. The van der Waals surface area contributed by atoms with E-state index in [0.29, 0.717) is 12.3 Å². The summed E-state index contributed by atoms with van der Waals surface area (Å²) >= 11 is 1.71. The number of halogens is 1. The highest BCUT2D eigenvalue weighted by atomic mass is 32.2. The number of thioether (sulfide) groups is 1. The van der Waals surface area contributed by atoms with E-state index in [4.69, 9.17) is 7.85 Å². The summed E-state index contributed by atoms with van der Waals surface area (Å²) in [6.07, 6.45) is 11.5. The molecule has 2 radical (unpaired) electrons. The average Bonchev–Trinajstić information content (AvgIpc) is 3.06. The second-order valence-electron chi connectivity index (χ2n) is 11.3. The monoisotopic (exact) mass is 512 g/mol. The summed E-state index contributed by atoms with van der Waals surface area (Å²) in [6, 6.07) is 19.6. The van der Waals surface area contributed by atoms with Gasteiger partial charge in [-0.2, -0.15) is 0 Å². The Morgan fingerprint density at radius 1 is 1.03 bits per heavy atom. The Morgan fingerprint density at radius 2 is 1.78 bits per heavy atom. The Bertz CT molecular complexity index is 1220. The Kier molecular flexibility index (Phi) is 9.34. The molecule has 192 valence electrons. The van der Waals surface area contributed by atoms with Crippen LogP contribution < -0.4 is 5.46 Å². The van der Waals surface area contributed by atoms with Crippen molar-refractivity contribution in [3.63, 3.8) is 0 Å². The predicted molar refractivity (Wildman–Crippen MR) is 156 cm³/mol. The van der Waals surface area contributed by atoms with Crippen LogP contribution in [0.3, 0.4) is 0 Å². The van der Waals surface area contributed by atoms with Crippen molar-refractivity contribution in [1.82, 2.24) is 0 Å². The topological polar surface area (TPSA) is 17.1 Å². The molecule has 1 fully saturated rings. The highest BCUT2D eigenvalue weighted by Crippen LogP contribution is 2.41. The lowest BCUT2D eigenvalue weighted by atomic mass is 9.74. The lowest BCUT2D eigenvalue weighted by molar-refractivity contribution is 0.0991.